The molecule has 1 unspecified atom stereocenters. The summed E-state index contributed by atoms with van der Waals surface area (Å²) in [4.78, 5) is 0. The smallest absolute Gasteiger partial charge is 0.163 e. The average molecular weight is 186 g/mol. The lowest BCUT2D eigenvalue weighted by molar-refractivity contribution is -0.216. The van der Waals surface area contributed by atoms with Gasteiger partial charge in [0.2, 0.25) is 0 Å². The minimum absolute atomic E-state index is 0.0556. The Hall–Kier alpha value is -0.0800. The Balaban J connectivity index is 2.62. The Morgan fingerprint density at radius 3 is 1.62 bits per heavy atom. The van der Waals surface area contributed by atoms with E-state index in [1.807, 2.05) is 0 Å². The maximum Gasteiger partial charge on any atom is 0.163 e. The highest BCUT2D eigenvalue weighted by molar-refractivity contribution is 4.72. The summed E-state index contributed by atoms with van der Waals surface area (Å²) in [6.45, 7) is 10.7. The first-order valence-corrected chi connectivity index (χ1v) is 5.20. The van der Waals surface area contributed by atoms with Crippen LogP contribution in [0.4, 0.5) is 0 Å². The third-order valence-electron chi connectivity index (χ3n) is 2.40. The SMILES string of the molecule is C[C@@H]1CC[C@H](C)OC(C(C)(C)C)O1. The highest BCUT2D eigenvalue weighted by atomic mass is 16.7. The molecule has 1 saturated heterocycles. The molecule has 0 amide bonds. The normalized spacial score (nSPS) is 37.2. The quantitative estimate of drug-likeness (QED) is 0.579. The molecule has 78 valence electrons. The molecule has 3 atom stereocenters. The fourth-order valence-electron chi connectivity index (χ4n) is 1.47. The minimum atomic E-state index is -0.0556. The van der Waals surface area contributed by atoms with Crippen LogP contribution in [0.15, 0.2) is 0 Å². The van der Waals surface area contributed by atoms with E-state index >= 15 is 0 Å². The van der Waals surface area contributed by atoms with E-state index in [9.17, 15) is 0 Å². The van der Waals surface area contributed by atoms with E-state index in [-0.39, 0.29) is 11.7 Å². The molecule has 0 bridgehead atoms. The van der Waals surface area contributed by atoms with E-state index in [0.29, 0.717) is 12.2 Å². The van der Waals surface area contributed by atoms with Gasteiger partial charge in [0.1, 0.15) is 0 Å². The van der Waals surface area contributed by atoms with Crippen LogP contribution >= 0.6 is 0 Å². The number of ether oxygens (including phenoxy) is 2. The summed E-state index contributed by atoms with van der Waals surface area (Å²) in [5.74, 6) is 0. The van der Waals surface area contributed by atoms with Crippen LogP contribution in [0.3, 0.4) is 0 Å². The molecule has 0 aromatic rings. The molecule has 0 N–H and O–H groups in total. The lowest BCUT2D eigenvalue weighted by Gasteiger charge is -2.31. The van der Waals surface area contributed by atoms with E-state index in [2.05, 4.69) is 34.6 Å². The van der Waals surface area contributed by atoms with Crippen molar-refractivity contribution in [1.29, 1.82) is 0 Å². The molecule has 1 rings (SSSR count). The Bertz CT molecular complexity index is 148. The van der Waals surface area contributed by atoms with Crippen LogP contribution in [-0.4, -0.2) is 18.5 Å². The summed E-state index contributed by atoms with van der Waals surface area (Å²) < 4.78 is 11.6. The zero-order valence-electron chi connectivity index (χ0n) is 9.46. The summed E-state index contributed by atoms with van der Waals surface area (Å²) in [5.41, 5.74) is 0.0762. The van der Waals surface area contributed by atoms with Crippen molar-refractivity contribution in [2.45, 2.75) is 66.0 Å². The summed E-state index contributed by atoms with van der Waals surface area (Å²) in [7, 11) is 0. The van der Waals surface area contributed by atoms with Crippen molar-refractivity contribution in [2.24, 2.45) is 5.41 Å². The first-order chi connectivity index (χ1) is 5.89. The first-order valence-electron chi connectivity index (χ1n) is 5.20. The van der Waals surface area contributed by atoms with Crippen molar-refractivity contribution >= 4 is 0 Å². The molecule has 0 spiro atoms. The predicted molar refractivity (Wildman–Crippen MR) is 53.6 cm³/mol. The molecular formula is C11H22O2. The highest BCUT2D eigenvalue weighted by Crippen LogP contribution is 2.29. The summed E-state index contributed by atoms with van der Waals surface area (Å²) in [6, 6.07) is 0. The molecule has 1 aliphatic heterocycles. The van der Waals surface area contributed by atoms with Gasteiger partial charge in [0.15, 0.2) is 6.29 Å². The van der Waals surface area contributed by atoms with Crippen LogP contribution in [0.2, 0.25) is 0 Å². The van der Waals surface area contributed by atoms with Crippen LogP contribution in [0.25, 0.3) is 0 Å². The van der Waals surface area contributed by atoms with E-state index in [1.165, 1.54) is 0 Å². The molecule has 2 nitrogen and oxygen atoms in total. The van der Waals surface area contributed by atoms with Gasteiger partial charge in [-0.2, -0.15) is 0 Å². The second-order valence-corrected chi connectivity index (χ2v) is 5.17. The molecule has 13 heavy (non-hydrogen) atoms. The predicted octanol–water partition coefficient (Wildman–Crippen LogP) is 2.96. The van der Waals surface area contributed by atoms with Gasteiger partial charge in [-0.15, -0.1) is 0 Å². The third-order valence-corrected chi connectivity index (χ3v) is 2.40. The van der Waals surface area contributed by atoms with E-state index in [4.69, 9.17) is 9.47 Å². The van der Waals surface area contributed by atoms with Crippen LogP contribution < -0.4 is 0 Å². The molecule has 0 aromatic carbocycles. The zero-order chi connectivity index (χ0) is 10.1. The Labute approximate surface area is 81.6 Å². The van der Waals surface area contributed by atoms with Crippen molar-refractivity contribution in [2.75, 3.05) is 0 Å². The van der Waals surface area contributed by atoms with Crippen LogP contribution in [0.1, 0.15) is 47.5 Å². The fraction of sp³-hybridized carbons (Fsp3) is 1.00. The molecule has 1 fully saturated rings. The zero-order valence-corrected chi connectivity index (χ0v) is 9.46. The molecule has 1 heterocycles. The molecule has 1 aliphatic rings. The Morgan fingerprint density at radius 1 is 0.923 bits per heavy atom. The van der Waals surface area contributed by atoms with Crippen molar-refractivity contribution < 1.29 is 9.47 Å². The maximum atomic E-state index is 5.82. The summed E-state index contributed by atoms with van der Waals surface area (Å²) >= 11 is 0. The van der Waals surface area contributed by atoms with E-state index in [0.717, 1.165) is 12.8 Å². The van der Waals surface area contributed by atoms with Crippen molar-refractivity contribution in [3.05, 3.63) is 0 Å². The lowest BCUT2D eigenvalue weighted by atomic mass is 9.96. The van der Waals surface area contributed by atoms with E-state index in [1.54, 1.807) is 0 Å². The van der Waals surface area contributed by atoms with Crippen LogP contribution in [-0.2, 0) is 9.47 Å². The second kappa shape index (κ2) is 3.97. The summed E-state index contributed by atoms with van der Waals surface area (Å²) in [6.07, 6.45) is 2.81. The van der Waals surface area contributed by atoms with E-state index < -0.39 is 0 Å². The van der Waals surface area contributed by atoms with Crippen molar-refractivity contribution in [3.63, 3.8) is 0 Å². The maximum absolute atomic E-state index is 5.82. The average Bonchev–Trinajstić information content (AvgIpc) is 2.12. The van der Waals surface area contributed by atoms with Gasteiger partial charge < -0.3 is 9.47 Å². The minimum Gasteiger partial charge on any atom is -0.349 e. The van der Waals surface area contributed by atoms with Gasteiger partial charge in [0.25, 0.3) is 0 Å². The van der Waals surface area contributed by atoms with Crippen molar-refractivity contribution in [3.8, 4) is 0 Å². The van der Waals surface area contributed by atoms with Crippen LogP contribution in [0, 0.1) is 5.41 Å². The fourth-order valence-corrected chi connectivity index (χ4v) is 1.47. The van der Waals surface area contributed by atoms with Gasteiger partial charge in [-0.3, -0.25) is 0 Å². The molecule has 0 aromatic heterocycles. The van der Waals surface area contributed by atoms with Gasteiger partial charge in [0.05, 0.1) is 12.2 Å². The Morgan fingerprint density at radius 2 is 1.31 bits per heavy atom. The number of rotatable bonds is 0. The monoisotopic (exact) mass is 186 g/mol. The van der Waals surface area contributed by atoms with Gasteiger partial charge in [-0.05, 0) is 26.7 Å². The Kier molecular flexibility index (Phi) is 3.36. The van der Waals surface area contributed by atoms with Gasteiger partial charge >= 0.3 is 0 Å². The molecule has 0 radical (unpaired) electrons. The number of hydrogen-bond acceptors (Lipinski definition) is 2. The largest absolute Gasteiger partial charge is 0.349 e. The van der Waals surface area contributed by atoms with Crippen molar-refractivity contribution in [1.82, 2.24) is 0 Å². The molecule has 0 aliphatic carbocycles. The second-order valence-electron chi connectivity index (χ2n) is 5.17. The molecule has 2 heteroatoms. The topological polar surface area (TPSA) is 18.5 Å². The van der Waals surface area contributed by atoms with Gasteiger partial charge in [-0.1, -0.05) is 20.8 Å². The third kappa shape index (κ3) is 3.28. The first kappa shape index (κ1) is 11.0. The van der Waals surface area contributed by atoms with Gasteiger partial charge in [0, 0.05) is 5.41 Å². The van der Waals surface area contributed by atoms with Crippen LogP contribution in [0.5, 0.6) is 0 Å². The number of hydrogen-bond donors (Lipinski definition) is 0. The lowest BCUT2D eigenvalue weighted by Crippen LogP contribution is -2.34. The molecular weight excluding hydrogens is 164 g/mol. The highest BCUT2D eigenvalue weighted by Gasteiger charge is 2.31. The molecule has 0 saturated carbocycles. The van der Waals surface area contributed by atoms with Gasteiger partial charge in [-0.25, -0.2) is 0 Å². The summed E-state index contributed by atoms with van der Waals surface area (Å²) in [5, 5.41) is 0. The standard InChI is InChI=1S/C11H22O2/c1-8-6-7-9(2)13-10(12-8)11(3,4)5/h8-10H,6-7H2,1-5H3/t8-,9+,10?.